The Labute approximate surface area is 163 Å². The van der Waals surface area contributed by atoms with Crippen LogP contribution in [0.3, 0.4) is 0 Å². The lowest BCUT2D eigenvalue weighted by Gasteiger charge is -2.21. The molecule has 0 atom stereocenters. The van der Waals surface area contributed by atoms with E-state index in [-0.39, 0.29) is 11.6 Å². The molecule has 0 unspecified atom stereocenters. The zero-order valence-corrected chi connectivity index (χ0v) is 15.6. The van der Waals surface area contributed by atoms with Crippen molar-refractivity contribution in [1.29, 1.82) is 0 Å². The molecule has 3 aromatic rings. The van der Waals surface area contributed by atoms with Crippen LogP contribution in [-0.2, 0) is 4.74 Å². The Kier molecular flexibility index (Phi) is 5.96. The number of hydrogen-bond donors (Lipinski definition) is 1. The van der Waals surface area contributed by atoms with E-state index < -0.39 is 5.97 Å². The van der Waals surface area contributed by atoms with Gasteiger partial charge in [0.05, 0.1) is 12.7 Å². The number of amides is 1. The van der Waals surface area contributed by atoms with Crippen molar-refractivity contribution in [3.63, 3.8) is 0 Å². The predicted molar refractivity (Wildman–Crippen MR) is 107 cm³/mol. The fourth-order valence-corrected chi connectivity index (χ4v) is 2.68. The van der Waals surface area contributed by atoms with Crippen LogP contribution in [0.1, 0.15) is 27.8 Å². The summed E-state index contributed by atoms with van der Waals surface area (Å²) in [5.41, 5.74) is 2.15. The van der Waals surface area contributed by atoms with Crippen LogP contribution >= 0.6 is 0 Å². The van der Waals surface area contributed by atoms with Crippen molar-refractivity contribution in [3.8, 4) is 0 Å². The summed E-state index contributed by atoms with van der Waals surface area (Å²) in [7, 11) is 1.32. The van der Waals surface area contributed by atoms with Gasteiger partial charge in [-0.3, -0.25) is 4.79 Å². The van der Waals surface area contributed by atoms with Crippen LogP contribution in [0.5, 0.6) is 0 Å². The van der Waals surface area contributed by atoms with Crippen LogP contribution in [0.4, 0.5) is 17.2 Å². The largest absolute Gasteiger partial charge is 0.465 e. The average molecular weight is 376 g/mol. The summed E-state index contributed by atoms with van der Waals surface area (Å²) in [6, 6.07) is 19.6. The molecule has 7 nitrogen and oxygen atoms in total. The maximum atomic E-state index is 12.4. The molecule has 1 amide bonds. The van der Waals surface area contributed by atoms with Crippen molar-refractivity contribution in [2.24, 2.45) is 0 Å². The molecule has 0 saturated carbocycles. The van der Waals surface area contributed by atoms with Crippen molar-refractivity contribution in [3.05, 3.63) is 78.0 Å². The Morgan fingerprint density at radius 1 is 0.964 bits per heavy atom. The molecular weight excluding hydrogens is 356 g/mol. The van der Waals surface area contributed by atoms with Gasteiger partial charge in [-0.25, -0.2) is 4.79 Å². The van der Waals surface area contributed by atoms with Gasteiger partial charge in [0.15, 0.2) is 11.5 Å². The summed E-state index contributed by atoms with van der Waals surface area (Å²) in [5.74, 6) is -0.154. The highest BCUT2D eigenvalue weighted by atomic mass is 16.5. The van der Waals surface area contributed by atoms with Gasteiger partial charge in [-0.15, -0.1) is 10.2 Å². The maximum Gasteiger partial charge on any atom is 0.337 e. The fourth-order valence-electron chi connectivity index (χ4n) is 2.68. The van der Waals surface area contributed by atoms with E-state index in [0.29, 0.717) is 17.1 Å². The molecule has 1 heterocycles. The Bertz CT molecular complexity index is 942. The second-order valence-corrected chi connectivity index (χ2v) is 5.88. The average Bonchev–Trinajstić information content (AvgIpc) is 2.75. The summed E-state index contributed by atoms with van der Waals surface area (Å²) in [5, 5.41) is 11.0. The lowest BCUT2D eigenvalue weighted by Crippen LogP contribution is -2.19. The number of hydrogen-bond acceptors (Lipinski definition) is 6. The summed E-state index contributed by atoms with van der Waals surface area (Å²) < 4.78 is 4.65. The highest BCUT2D eigenvalue weighted by molar-refractivity contribution is 6.03. The highest BCUT2D eigenvalue weighted by Crippen LogP contribution is 2.22. The molecule has 0 aliphatic rings. The third kappa shape index (κ3) is 4.32. The van der Waals surface area contributed by atoms with Gasteiger partial charge in [-0.05, 0) is 55.5 Å². The quantitative estimate of drug-likeness (QED) is 0.661. The zero-order chi connectivity index (χ0) is 19.9. The van der Waals surface area contributed by atoms with E-state index in [2.05, 4.69) is 20.3 Å². The van der Waals surface area contributed by atoms with Crippen molar-refractivity contribution in [1.82, 2.24) is 10.2 Å². The number of methoxy groups -OCH3 is 1. The lowest BCUT2D eigenvalue weighted by molar-refractivity contribution is 0.0600. The van der Waals surface area contributed by atoms with Gasteiger partial charge in [0.25, 0.3) is 5.91 Å². The number of esters is 1. The first-order valence-electron chi connectivity index (χ1n) is 8.78. The van der Waals surface area contributed by atoms with Gasteiger partial charge < -0.3 is 15.0 Å². The molecule has 0 radical (unpaired) electrons. The van der Waals surface area contributed by atoms with E-state index in [4.69, 9.17) is 0 Å². The van der Waals surface area contributed by atoms with Crippen LogP contribution in [0, 0.1) is 0 Å². The number of para-hydroxylation sites is 1. The van der Waals surface area contributed by atoms with Gasteiger partial charge in [-0.1, -0.05) is 18.2 Å². The molecule has 0 aliphatic heterocycles. The minimum Gasteiger partial charge on any atom is -0.465 e. The normalized spacial score (nSPS) is 10.2. The maximum absolute atomic E-state index is 12.4. The van der Waals surface area contributed by atoms with Crippen molar-refractivity contribution >= 4 is 29.1 Å². The van der Waals surface area contributed by atoms with Gasteiger partial charge in [0.1, 0.15) is 0 Å². The molecule has 28 heavy (non-hydrogen) atoms. The highest BCUT2D eigenvalue weighted by Gasteiger charge is 2.13. The molecule has 3 rings (SSSR count). The molecule has 0 aliphatic carbocycles. The monoisotopic (exact) mass is 376 g/mol. The summed E-state index contributed by atoms with van der Waals surface area (Å²) in [6.07, 6.45) is 0. The first kappa shape index (κ1) is 19.0. The Morgan fingerprint density at radius 2 is 1.68 bits per heavy atom. The number of rotatable bonds is 6. The first-order chi connectivity index (χ1) is 13.6. The second kappa shape index (κ2) is 8.77. The van der Waals surface area contributed by atoms with Crippen molar-refractivity contribution in [2.45, 2.75) is 6.92 Å². The number of carbonyl (C=O) groups is 2. The molecular formula is C21H20N4O3. The SMILES string of the molecule is CCN(c1ccccc1)c1ccc(C(=O)Nc2ccc(C(=O)OC)cc2)nn1. The smallest absolute Gasteiger partial charge is 0.337 e. The van der Waals surface area contributed by atoms with Crippen LogP contribution in [0.2, 0.25) is 0 Å². The van der Waals surface area contributed by atoms with E-state index in [9.17, 15) is 9.59 Å². The number of benzene rings is 2. The minimum atomic E-state index is -0.432. The molecule has 0 saturated heterocycles. The van der Waals surface area contributed by atoms with Gasteiger partial charge in [0.2, 0.25) is 0 Å². The van der Waals surface area contributed by atoms with E-state index in [1.54, 1.807) is 36.4 Å². The standard InChI is InChI=1S/C21H20N4O3/c1-3-25(17-7-5-4-6-8-17)19-14-13-18(23-24-19)20(26)22-16-11-9-15(10-12-16)21(27)28-2/h4-14H,3H2,1-2H3,(H,22,26). The first-order valence-corrected chi connectivity index (χ1v) is 8.78. The third-order valence-electron chi connectivity index (χ3n) is 4.11. The van der Waals surface area contributed by atoms with E-state index in [1.807, 2.05) is 42.2 Å². The van der Waals surface area contributed by atoms with E-state index in [0.717, 1.165) is 12.2 Å². The number of aromatic nitrogens is 2. The molecule has 1 N–H and O–H groups in total. The number of nitrogens with one attached hydrogen (secondary N) is 1. The van der Waals surface area contributed by atoms with Crippen LogP contribution in [0.15, 0.2) is 66.7 Å². The van der Waals surface area contributed by atoms with E-state index in [1.165, 1.54) is 7.11 Å². The number of carbonyl (C=O) groups excluding carboxylic acids is 2. The van der Waals surface area contributed by atoms with E-state index >= 15 is 0 Å². The van der Waals surface area contributed by atoms with Crippen LogP contribution in [-0.4, -0.2) is 35.7 Å². The summed E-state index contributed by atoms with van der Waals surface area (Å²) in [6.45, 7) is 2.74. The lowest BCUT2D eigenvalue weighted by atomic mass is 10.2. The molecule has 0 bridgehead atoms. The molecule has 1 aromatic heterocycles. The number of ether oxygens (including phenoxy) is 1. The Hall–Kier alpha value is -3.74. The van der Waals surface area contributed by atoms with Gasteiger partial charge in [0, 0.05) is 17.9 Å². The topological polar surface area (TPSA) is 84.4 Å². The van der Waals surface area contributed by atoms with Crippen LogP contribution < -0.4 is 10.2 Å². The van der Waals surface area contributed by atoms with Gasteiger partial charge >= 0.3 is 5.97 Å². The molecule has 142 valence electrons. The Morgan fingerprint density at radius 3 is 2.25 bits per heavy atom. The van der Waals surface area contributed by atoms with Crippen molar-refractivity contribution in [2.75, 3.05) is 23.9 Å². The second-order valence-electron chi connectivity index (χ2n) is 5.88. The summed E-state index contributed by atoms with van der Waals surface area (Å²) in [4.78, 5) is 25.8. The predicted octanol–water partition coefficient (Wildman–Crippen LogP) is 3.67. The molecule has 0 fully saturated rings. The molecule has 7 heteroatoms. The summed E-state index contributed by atoms with van der Waals surface area (Å²) >= 11 is 0. The fraction of sp³-hybridized carbons (Fsp3) is 0.143. The number of anilines is 3. The number of nitrogens with zero attached hydrogens (tertiary/aromatic N) is 3. The van der Waals surface area contributed by atoms with Crippen LogP contribution in [0.25, 0.3) is 0 Å². The third-order valence-corrected chi connectivity index (χ3v) is 4.11. The zero-order valence-electron chi connectivity index (χ0n) is 15.6. The van der Waals surface area contributed by atoms with Crippen molar-refractivity contribution < 1.29 is 14.3 Å². The minimum absolute atomic E-state index is 0.199. The molecule has 2 aromatic carbocycles. The molecule has 0 spiro atoms. The van der Waals surface area contributed by atoms with Gasteiger partial charge in [-0.2, -0.15) is 0 Å². The Balaban J connectivity index is 1.70.